The lowest BCUT2D eigenvalue weighted by molar-refractivity contribution is 0.652. The quantitative estimate of drug-likeness (QED) is 0.751. The fourth-order valence-electron chi connectivity index (χ4n) is 1.76. The van der Waals surface area contributed by atoms with Crippen molar-refractivity contribution in [2.45, 2.75) is 19.4 Å². The van der Waals surface area contributed by atoms with Crippen molar-refractivity contribution in [3.63, 3.8) is 0 Å². The molecule has 0 amide bonds. The van der Waals surface area contributed by atoms with E-state index in [4.69, 9.17) is 0 Å². The molecule has 2 nitrogen and oxygen atoms in total. The lowest BCUT2D eigenvalue weighted by atomic mass is 10.1. The van der Waals surface area contributed by atoms with Crippen LogP contribution in [0, 0.1) is 0 Å². The molecule has 96 valence electrons. The Morgan fingerprint density at radius 3 is 2.47 bits per heavy atom. The van der Waals surface area contributed by atoms with Crippen LogP contribution in [0.1, 0.15) is 24.9 Å². The Balaban J connectivity index is 2.54. The minimum atomic E-state index is 0.422. The SMILES string of the molecule is CNC(C)c1ccc(N(C)CCCSC)cc1. The number of thioether (sulfide) groups is 1. The zero-order valence-electron chi connectivity index (χ0n) is 11.4. The van der Waals surface area contributed by atoms with E-state index in [-0.39, 0.29) is 0 Å². The van der Waals surface area contributed by atoms with Crippen LogP contribution < -0.4 is 10.2 Å². The second kappa shape index (κ2) is 7.62. The number of benzene rings is 1. The summed E-state index contributed by atoms with van der Waals surface area (Å²) in [7, 11) is 4.16. The summed E-state index contributed by atoms with van der Waals surface area (Å²) in [6, 6.07) is 9.26. The second-order valence-electron chi connectivity index (χ2n) is 4.37. The van der Waals surface area contributed by atoms with Gasteiger partial charge in [0.15, 0.2) is 0 Å². The first-order chi connectivity index (χ1) is 8.19. The minimum absolute atomic E-state index is 0.422. The highest BCUT2D eigenvalue weighted by molar-refractivity contribution is 7.98. The van der Waals surface area contributed by atoms with Crippen molar-refractivity contribution in [1.82, 2.24) is 5.32 Å². The lowest BCUT2D eigenvalue weighted by Crippen LogP contribution is -2.19. The molecular weight excluding hydrogens is 228 g/mol. The van der Waals surface area contributed by atoms with Gasteiger partial charge in [0, 0.05) is 25.3 Å². The average molecular weight is 252 g/mol. The molecule has 3 heteroatoms. The van der Waals surface area contributed by atoms with Gasteiger partial charge in [-0.15, -0.1) is 0 Å². The van der Waals surface area contributed by atoms with Gasteiger partial charge < -0.3 is 10.2 Å². The summed E-state index contributed by atoms with van der Waals surface area (Å²) in [4.78, 5) is 2.32. The van der Waals surface area contributed by atoms with Gasteiger partial charge in [-0.1, -0.05) is 12.1 Å². The summed E-state index contributed by atoms with van der Waals surface area (Å²) < 4.78 is 0. The molecule has 1 atom stereocenters. The largest absolute Gasteiger partial charge is 0.375 e. The molecule has 17 heavy (non-hydrogen) atoms. The molecule has 0 aliphatic rings. The van der Waals surface area contributed by atoms with Crippen LogP contribution in [0.5, 0.6) is 0 Å². The van der Waals surface area contributed by atoms with Crippen LogP contribution in [0.2, 0.25) is 0 Å². The fraction of sp³-hybridized carbons (Fsp3) is 0.571. The Hall–Kier alpha value is -0.670. The van der Waals surface area contributed by atoms with Gasteiger partial charge in [-0.2, -0.15) is 11.8 Å². The van der Waals surface area contributed by atoms with Gasteiger partial charge in [0.1, 0.15) is 0 Å². The van der Waals surface area contributed by atoms with Crippen molar-refractivity contribution in [3.05, 3.63) is 29.8 Å². The molecule has 1 aromatic carbocycles. The number of anilines is 1. The van der Waals surface area contributed by atoms with E-state index >= 15 is 0 Å². The topological polar surface area (TPSA) is 15.3 Å². The molecule has 0 saturated carbocycles. The van der Waals surface area contributed by atoms with Crippen molar-refractivity contribution in [1.29, 1.82) is 0 Å². The van der Waals surface area contributed by atoms with E-state index in [9.17, 15) is 0 Å². The summed E-state index contributed by atoms with van der Waals surface area (Å²) >= 11 is 1.91. The maximum atomic E-state index is 3.26. The highest BCUT2D eigenvalue weighted by atomic mass is 32.2. The molecule has 0 aliphatic heterocycles. The summed E-state index contributed by atoms with van der Waals surface area (Å²) in [5.74, 6) is 1.24. The van der Waals surface area contributed by atoms with Gasteiger partial charge in [-0.05, 0) is 50.1 Å². The first-order valence-electron chi connectivity index (χ1n) is 6.16. The van der Waals surface area contributed by atoms with E-state index < -0.39 is 0 Å². The summed E-state index contributed by atoms with van der Waals surface area (Å²) in [5, 5.41) is 3.26. The first-order valence-corrected chi connectivity index (χ1v) is 7.55. The highest BCUT2D eigenvalue weighted by Gasteiger charge is 2.04. The summed E-state index contributed by atoms with van der Waals surface area (Å²) in [5.41, 5.74) is 2.65. The van der Waals surface area contributed by atoms with Crippen molar-refractivity contribution >= 4 is 17.4 Å². The number of hydrogen-bond donors (Lipinski definition) is 1. The first kappa shape index (κ1) is 14.4. The van der Waals surface area contributed by atoms with E-state index in [0.717, 1.165) is 6.54 Å². The predicted octanol–water partition coefficient (Wildman–Crippen LogP) is 3.16. The normalized spacial score (nSPS) is 12.5. The number of nitrogens with zero attached hydrogens (tertiary/aromatic N) is 1. The molecule has 1 rings (SSSR count). The molecule has 1 aromatic rings. The Labute approximate surface area is 110 Å². The van der Waals surface area contributed by atoms with E-state index in [1.165, 1.54) is 23.4 Å². The monoisotopic (exact) mass is 252 g/mol. The van der Waals surface area contributed by atoms with Crippen LogP contribution in [-0.2, 0) is 0 Å². The van der Waals surface area contributed by atoms with Gasteiger partial charge >= 0.3 is 0 Å². The van der Waals surface area contributed by atoms with Crippen LogP contribution in [0.4, 0.5) is 5.69 Å². The highest BCUT2D eigenvalue weighted by Crippen LogP contribution is 2.18. The van der Waals surface area contributed by atoms with Crippen molar-refractivity contribution in [2.24, 2.45) is 0 Å². The predicted molar refractivity (Wildman–Crippen MR) is 80.2 cm³/mol. The molecule has 0 radical (unpaired) electrons. The Morgan fingerprint density at radius 2 is 1.94 bits per heavy atom. The van der Waals surface area contributed by atoms with Crippen molar-refractivity contribution < 1.29 is 0 Å². The standard InChI is InChI=1S/C14H24N2S/c1-12(15-2)13-6-8-14(9-7-13)16(3)10-5-11-17-4/h6-9,12,15H,5,10-11H2,1-4H3. The van der Waals surface area contributed by atoms with E-state index in [0.29, 0.717) is 6.04 Å². The summed E-state index contributed by atoms with van der Waals surface area (Å²) in [6.45, 7) is 3.30. The van der Waals surface area contributed by atoms with Crippen LogP contribution >= 0.6 is 11.8 Å². The molecule has 0 bridgehead atoms. The number of nitrogens with one attached hydrogen (secondary N) is 1. The smallest absolute Gasteiger partial charge is 0.0363 e. The fourth-order valence-corrected chi connectivity index (χ4v) is 2.18. The molecule has 0 heterocycles. The maximum absolute atomic E-state index is 3.26. The van der Waals surface area contributed by atoms with E-state index in [2.05, 4.69) is 54.7 Å². The lowest BCUT2D eigenvalue weighted by Gasteiger charge is -2.20. The van der Waals surface area contributed by atoms with Crippen molar-refractivity contribution in [2.75, 3.05) is 37.5 Å². The zero-order valence-corrected chi connectivity index (χ0v) is 12.2. The van der Waals surface area contributed by atoms with Crippen LogP contribution in [0.25, 0.3) is 0 Å². The van der Waals surface area contributed by atoms with Crippen molar-refractivity contribution in [3.8, 4) is 0 Å². The molecule has 0 spiro atoms. The Morgan fingerprint density at radius 1 is 1.29 bits per heavy atom. The molecule has 1 unspecified atom stereocenters. The molecular formula is C14H24N2S. The average Bonchev–Trinajstić information content (AvgIpc) is 2.38. The van der Waals surface area contributed by atoms with Crippen LogP contribution in [-0.4, -0.2) is 32.6 Å². The van der Waals surface area contributed by atoms with E-state index in [1.807, 2.05) is 18.8 Å². The Bertz CT molecular complexity index is 311. The van der Waals surface area contributed by atoms with E-state index in [1.54, 1.807) is 0 Å². The van der Waals surface area contributed by atoms with Gasteiger partial charge in [-0.25, -0.2) is 0 Å². The van der Waals surface area contributed by atoms with Crippen LogP contribution in [0.3, 0.4) is 0 Å². The van der Waals surface area contributed by atoms with Gasteiger partial charge in [0.2, 0.25) is 0 Å². The molecule has 0 aromatic heterocycles. The maximum Gasteiger partial charge on any atom is 0.0363 e. The molecule has 0 aliphatic carbocycles. The minimum Gasteiger partial charge on any atom is -0.375 e. The molecule has 0 fully saturated rings. The third-order valence-electron chi connectivity index (χ3n) is 3.11. The summed E-state index contributed by atoms with van der Waals surface area (Å²) in [6.07, 6.45) is 3.40. The second-order valence-corrected chi connectivity index (χ2v) is 5.36. The Kier molecular flexibility index (Phi) is 6.45. The molecule has 0 saturated heterocycles. The van der Waals surface area contributed by atoms with Gasteiger partial charge in [0.05, 0.1) is 0 Å². The zero-order chi connectivity index (χ0) is 12.7. The number of hydrogen-bond acceptors (Lipinski definition) is 3. The van der Waals surface area contributed by atoms with Gasteiger partial charge in [-0.3, -0.25) is 0 Å². The number of rotatable bonds is 7. The van der Waals surface area contributed by atoms with Gasteiger partial charge in [0.25, 0.3) is 0 Å². The van der Waals surface area contributed by atoms with Crippen LogP contribution in [0.15, 0.2) is 24.3 Å². The molecule has 1 N–H and O–H groups in total. The third kappa shape index (κ3) is 4.60. The third-order valence-corrected chi connectivity index (χ3v) is 3.81.